The average molecular weight is 519 g/mol. The average Bonchev–Trinajstić information content (AvgIpc) is 3.66. The topological polar surface area (TPSA) is 84.9 Å². The summed E-state index contributed by atoms with van der Waals surface area (Å²) in [4.78, 5) is 14.7. The van der Waals surface area contributed by atoms with Gasteiger partial charge in [0.2, 0.25) is 10.0 Å². The smallest absolute Gasteiger partial charge is 0.267 e. The first-order valence-electron chi connectivity index (χ1n) is 12.4. The number of methoxy groups -OCH3 is 1. The number of halogens is 1. The number of benzene rings is 2. The maximum Gasteiger partial charge on any atom is 0.267 e. The number of hydrogen-bond donors (Lipinski definition) is 1. The van der Waals surface area contributed by atoms with E-state index in [1.165, 1.54) is 23.3 Å². The van der Waals surface area contributed by atoms with Gasteiger partial charge in [0, 0.05) is 13.2 Å². The van der Waals surface area contributed by atoms with Gasteiger partial charge in [-0.1, -0.05) is 29.8 Å². The first-order chi connectivity index (χ1) is 17.1. The molecule has 1 saturated carbocycles. The molecule has 1 N–H and O–H groups in total. The van der Waals surface area contributed by atoms with Gasteiger partial charge >= 0.3 is 0 Å². The van der Waals surface area contributed by atoms with Crippen molar-refractivity contribution in [1.82, 2.24) is 9.62 Å². The van der Waals surface area contributed by atoms with Crippen LogP contribution in [0.3, 0.4) is 0 Å². The molecular formula is C27H35FN2O5S. The predicted octanol–water partition coefficient (Wildman–Crippen LogP) is 4.18. The molecule has 1 aliphatic heterocycles. The summed E-state index contributed by atoms with van der Waals surface area (Å²) in [7, 11) is -2.05. The molecule has 2 fully saturated rings. The summed E-state index contributed by atoms with van der Waals surface area (Å²) >= 11 is 0. The second-order valence-corrected chi connectivity index (χ2v) is 11.8. The fourth-order valence-corrected chi connectivity index (χ4v) is 5.34. The summed E-state index contributed by atoms with van der Waals surface area (Å²) in [5.74, 6) is -0.757. The molecule has 1 heterocycles. The highest BCUT2D eigenvalue weighted by Gasteiger charge is 2.31. The van der Waals surface area contributed by atoms with Crippen molar-refractivity contribution in [2.75, 3.05) is 39.7 Å². The van der Waals surface area contributed by atoms with Gasteiger partial charge in [0.05, 0.1) is 31.1 Å². The van der Waals surface area contributed by atoms with Crippen molar-refractivity contribution in [3.05, 3.63) is 64.5 Å². The van der Waals surface area contributed by atoms with Gasteiger partial charge in [-0.3, -0.25) is 9.69 Å². The lowest BCUT2D eigenvalue weighted by Gasteiger charge is -2.37. The monoisotopic (exact) mass is 518 g/mol. The molecule has 36 heavy (non-hydrogen) atoms. The van der Waals surface area contributed by atoms with E-state index in [4.69, 9.17) is 9.47 Å². The minimum atomic E-state index is -3.78. The molecule has 1 atom stereocenters. The van der Waals surface area contributed by atoms with Crippen molar-refractivity contribution >= 4 is 15.9 Å². The molecule has 2 aromatic carbocycles. The van der Waals surface area contributed by atoms with Crippen LogP contribution in [0, 0.1) is 18.7 Å². The van der Waals surface area contributed by atoms with Crippen LogP contribution >= 0.6 is 0 Å². The Bertz CT molecular complexity index is 1190. The van der Waals surface area contributed by atoms with Crippen molar-refractivity contribution in [2.45, 2.75) is 44.6 Å². The number of sulfonamides is 1. The van der Waals surface area contributed by atoms with E-state index in [0.717, 1.165) is 50.6 Å². The fraction of sp³-hybridized carbons (Fsp3) is 0.519. The van der Waals surface area contributed by atoms with E-state index in [0.29, 0.717) is 24.9 Å². The Morgan fingerprint density at radius 2 is 1.89 bits per heavy atom. The Kier molecular flexibility index (Phi) is 8.32. The second-order valence-electron chi connectivity index (χ2n) is 10.0. The summed E-state index contributed by atoms with van der Waals surface area (Å²) in [5.41, 5.74) is 2.99. The lowest BCUT2D eigenvalue weighted by Crippen LogP contribution is -2.39. The normalized spacial score (nSPS) is 18.1. The van der Waals surface area contributed by atoms with E-state index >= 15 is 0 Å². The number of nitrogens with zero attached hydrogens (tertiary/aromatic N) is 1. The highest BCUT2D eigenvalue weighted by molar-refractivity contribution is 7.89. The maximum atomic E-state index is 14.8. The van der Waals surface area contributed by atoms with E-state index in [2.05, 4.69) is 36.1 Å². The minimum Gasteiger partial charge on any atom is -0.493 e. The van der Waals surface area contributed by atoms with Crippen LogP contribution in [0.15, 0.2) is 36.4 Å². The third kappa shape index (κ3) is 6.83. The van der Waals surface area contributed by atoms with E-state index in [-0.39, 0.29) is 17.5 Å². The SMILES string of the molecule is COCC(c1cccc(C)c1)N1CCC(COc2cc(F)c(C(=O)NS(C)(=O)=O)cc2C2CC2)CC1. The molecule has 1 aliphatic carbocycles. The molecule has 0 radical (unpaired) electrons. The van der Waals surface area contributed by atoms with Crippen LogP contribution < -0.4 is 9.46 Å². The molecule has 2 aliphatic rings. The standard InChI is InChI=1S/C27H35FN2O5S/c1-18-5-4-6-21(13-18)25(17-34-2)30-11-9-19(10-12-30)16-35-26-15-24(28)23(14-22(26)20-7-8-20)27(31)29-36(3,32)33/h4-6,13-15,19-20,25H,7-12,16-17H2,1-3H3,(H,29,31). The molecular weight excluding hydrogens is 483 g/mol. The van der Waals surface area contributed by atoms with Gasteiger partial charge in [-0.25, -0.2) is 17.5 Å². The second kappa shape index (κ2) is 11.3. The quantitative estimate of drug-likeness (QED) is 0.508. The Morgan fingerprint density at radius 3 is 2.50 bits per heavy atom. The molecule has 1 unspecified atom stereocenters. The first-order valence-corrected chi connectivity index (χ1v) is 14.3. The minimum absolute atomic E-state index is 0.205. The molecule has 0 aromatic heterocycles. The molecule has 196 valence electrons. The molecule has 1 amide bonds. The van der Waals surface area contributed by atoms with Crippen molar-refractivity contribution < 1.29 is 27.1 Å². The fourth-order valence-electron chi connectivity index (χ4n) is 4.89. The summed E-state index contributed by atoms with van der Waals surface area (Å²) in [6.07, 6.45) is 4.66. The van der Waals surface area contributed by atoms with E-state index in [1.807, 2.05) is 4.72 Å². The molecule has 2 aromatic rings. The molecule has 1 saturated heterocycles. The lowest BCUT2D eigenvalue weighted by atomic mass is 9.94. The Labute approximate surface area is 213 Å². The molecule has 9 heteroatoms. The van der Waals surface area contributed by atoms with E-state index in [9.17, 15) is 17.6 Å². The van der Waals surface area contributed by atoms with Gasteiger partial charge in [0.25, 0.3) is 5.91 Å². The third-order valence-corrected chi connectivity index (χ3v) is 7.51. The van der Waals surface area contributed by atoms with Crippen molar-refractivity contribution in [3.8, 4) is 5.75 Å². The number of nitrogens with one attached hydrogen (secondary N) is 1. The van der Waals surface area contributed by atoms with Gasteiger partial charge in [-0.05, 0) is 74.7 Å². The number of likely N-dealkylation sites (tertiary alicyclic amines) is 1. The molecule has 4 rings (SSSR count). The zero-order valence-corrected chi connectivity index (χ0v) is 21.9. The number of hydrogen-bond acceptors (Lipinski definition) is 6. The van der Waals surface area contributed by atoms with Gasteiger partial charge in [-0.15, -0.1) is 0 Å². The maximum absolute atomic E-state index is 14.8. The van der Waals surface area contributed by atoms with Crippen molar-refractivity contribution in [1.29, 1.82) is 0 Å². The van der Waals surface area contributed by atoms with Gasteiger partial charge < -0.3 is 9.47 Å². The van der Waals surface area contributed by atoms with Crippen LogP contribution in [0.1, 0.15) is 64.7 Å². The number of aryl methyl sites for hydroxylation is 1. The number of carbonyl (C=O) groups excluding carboxylic acids is 1. The van der Waals surface area contributed by atoms with Crippen LogP contribution in [-0.2, 0) is 14.8 Å². The highest BCUT2D eigenvalue weighted by atomic mass is 32.2. The van der Waals surface area contributed by atoms with Crippen molar-refractivity contribution in [3.63, 3.8) is 0 Å². The van der Waals surface area contributed by atoms with Crippen LogP contribution in [0.25, 0.3) is 0 Å². The number of carbonyl (C=O) groups is 1. The summed E-state index contributed by atoms with van der Waals surface area (Å²) < 4.78 is 51.0. The number of piperidine rings is 1. The van der Waals surface area contributed by atoms with Gasteiger partial charge in [0.15, 0.2) is 0 Å². The summed E-state index contributed by atoms with van der Waals surface area (Å²) in [5, 5.41) is 0. The Hall–Kier alpha value is -2.49. The van der Waals surface area contributed by atoms with Crippen LogP contribution in [0.4, 0.5) is 4.39 Å². The molecule has 0 spiro atoms. The number of ether oxygens (including phenoxy) is 2. The van der Waals surface area contributed by atoms with Crippen molar-refractivity contribution in [2.24, 2.45) is 5.92 Å². The summed E-state index contributed by atoms with van der Waals surface area (Å²) in [6.45, 7) is 5.05. The summed E-state index contributed by atoms with van der Waals surface area (Å²) in [6, 6.07) is 11.4. The third-order valence-electron chi connectivity index (χ3n) is 6.96. The largest absolute Gasteiger partial charge is 0.493 e. The van der Waals surface area contributed by atoms with Gasteiger partial charge in [-0.2, -0.15) is 0 Å². The van der Waals surface area contributed by atoms with Crippen LogP contribution in [-0.4, -0.2) is 58.9 Å². The molecule has 7 nitrogen and oxygen atoms in total. The van der Waals surface area contributed by atoms with Crippen LogP contribution in [0.2, 0.25) is 0 Å². The van der Waals surface area contributed by atoms with E-state index < -0.39 is 21.7 Å². The number of rotatable bonds is 10. The number of amides is 1. The van der Waals surface area contributed by atoms with Crippen LogP contribution in [0.5, 0.6) is 5.75 Å². The highest BCUT2D eigenvalue weighted by Crippen LogP contribution is 2.45. The molecule has 0 bridgehead atoms. The zero-order chi connectivity index (χ0) is 25.9. The Balaban J connectivity index is 1.39. The zero-order valence-electron chi connectivity index (χ0n) is 21.1. The lowest BCUT2D eigenvalue weighted by molar-refractivity contribution is 0.0556. The first kappa shape index (κ1) is 26.6. The van der Waals surface area contributed by atoms with E-state index in [1.54, 1.807) is 7.11 Å². The van der Waals surface area contributed by atoms with Gasteiger partial charge in [0.1, 0.15) is 11.6 Å². The predicted molar refractivity (Wildman–Crippen MR) is 136 cm³/mol. The Morgan fingerprint density at radius 1 is 1.17 bits per heavy atom.